The van der Waals surface area contributed by atoms with Crippen LogP contribution in [0.1, 0.15) is 37.2 Å². The molecule has 1 heterocycles. The van der Waals surface area contributed by atoms with Gasteiger partial charge in [-0.1, -0.05) is 43.2 Å². The zero-order valence-corrected chi connectivity index (χ0v) is 13.7. The van der Waals surface area contributed by atoms with Crippen LogP contribution >= 0.6 is 23.5 Å². The highest BCUT2D eigenvalue weighted by molar-refractivity contribution is 8.06. The molecule has 2 fully saturated rings. The van der Waals surface area contributed by atoms with E-state index in [1.54, 1.807) is 0 Å². The van der Waals surface area contributed by atoms with Crippen LogP contribution in [0.15, 0.2) is 30.3 Å². The van der Waals surface area contributed by atoms with Gasteiger partial charge >= 0.3 is 0 Å². The fourth-order valence-electron chi connectivity index (χ4n) is 3.41. The molecule has 1 saturated carbocycles. The van der Waals surface area contributed by atoms with Gasteiger partial charge in [0.25, 0.3) is 0 Å². The predicted octanol–water partition coefficient (Wildman–Crippen LogP) is 4.15. The van der Waals surface area contributed by atoms with E-state index >= 15 is 0 Å². The molecule has 0 radical (unpaired) electrons. The fourth-order valence-corrected chi connectivity index (χ4v) is 6.04. The Morgan fingerprint density at radius 3 is 2.70 bits per heavy atom. The molecule has 1 saturated heterocycles. The quantitative estimate of drug-likeness (QED) is 0.897. The van der Waals surface area contributed by atoms with Crippen LogP contribution in [0.3, 0.4) is 0 Å². The summed E-state index contributed by atoms with van der Waals surface area (Å²) >= 11 is 4.29. The number of benzene rings is 1. The Hall–Kier alpha value is -0.120. The molecule has 3 unspecified atom stereocenters. The summed E-state index contributed by atoms with van der Waals surface area (Å²) in [5.74, 6) is 4.74. The van der Waals surface area contributed by atoms with Crippen molar-refractivity contribution in [1.29, 1.82) is 0 Å². The summed E-state index contributed by atoms with van der Waals surface area (Å²) in [6, 6.07) is 11.8. The Bertz CT molecular complexity index is 389. The first kappa shape index (κ1) is 14.8. The topological polar surface area (TPSA) is 12.0 Å². The van der Waals surface area contributed by atoms with Crippen molar-refractivity contribution in [2.75, 3.05) is 23.8 Å². The van der Waals surface area contributed by atoms with Crippen LogP contribution in [0.4, 0.5) is 0 Å². The lowest BCUT2D eigenvalue weighted by atomic mass is 9.80. The molecule has 1 N–H and O–H groups in total. The zero-order chi connectivity index (χ0) is 13.6. The van der Waals surface area contributed by atoms with Crippen molar-refractivity contribution in [1.82, 2.24) is 5.32 Å². The fraction of sp³-hybridized carbons (Fsp3) is 0.647. The molecule has 1 aromatic carbocycles. The van der Waals surface area contributed by atoms with Crippen molar-refractivity contribution >= 4 is 23.5 Å². The lowest BCUT2D eigenvalue weighted by molar-refractivity contribution is 0.329. The van der Waals surface area contributed by atoms with Crippen molar-refractivity contribution < 1.29 is 0 Å². The molecule has 0 amide bonds. The first-order valence-electron chi connectivity index (χ1n) is 7.91. The largest absolute Gasteiger partial charge is 0.312 e. The van der Waals surface area contributed by atoms with E-state index in [-0.39, 0.29) is 0 Å². The normalized spacial score (nSPS) is 31.1. The summed E-state index contributed by atoms with van der Waals surface area (Å²) in [5, 5.41) is 4.73. The maximum absolute atomic E-state index is 3.91. The van der Waals surface area contributed by atoms with Gasteiger partial charge in [-0.25, -0.2) is 0 Å². The maximum Gasteiger partial charge on any atom is 0.0263 e. The monoisotopic (exact) mass is 307 g/mol. The summed E-state index contributed by atoms with van der Waals surface area (Å²) in [6.07, 6.45) is 5.50. The van der Waals surface area contributed by atoms with E-state index in [0.717, 1.165) is 11.2 Å². The summed E-state index contributed by atoms with van der Waals surface area (Å²) < 4.78 is 0. The van der Waals surface area contributed by atoms with Gasteiger partial charge in [0.1, 0.15) is 0 Å². The van der Waals surface area contributed by atoms with Crippen LogP contribution in [-0.4, -0.2) is 35.1 Å². The maximum atomic E-state index is 3.91. The van der Waals surface area contributed by atoms with Gasteiger partial charge < -0.3 is 5.32 Å². The first-order chi connectivity index (χ1) is 9.93. The molecular weight excluding hydrogens is 282 g/mol. The van der Waals surface area contributed by atoms with Gasteiger partial charge in [0.05, 0.1) is 0 Å². The molecule has 1 aliphatic carbocycles. The molecule has 1 aliphatic heterocycles. The molecule has 1 aromatic rings. The summed E-state index contributed by atoms with van der Waals surface area (Å²) in [6.45, 7) is 1.20. The molecule has 3 rings (SSSR count). The lowest BCUT2D eigenvalue weighted by Crippen LogP contribution is -2.41. The van der Waals surface area contributed by atoms with Gasteiger partial charge in [-0.2, -0.15) is 23.5 Å². The molecule has 3 atom stereocenters. The van der Waals surface area contributed by atoms with Crippen LogP contribution in [0.2, 0.25) is 0 Å². The van der Waals surface area contributed by atoms with E-state index in [2.05, 4.69) is 59.2 Å². The average molecular weight is 308 g/mol. The van der Waals surface area contributed by atoms with Gasteiger partial charge in [0, 0.05) is 35.1 Å². The number of rotatable bonds is 4. The van der Waals surface area contributed by atoms with Gasteiger partial charge in [0.15, 0.2) is 0 Å². The molecule has 0 spiro atoms. The average Bonchev–Trinajstić information content (AvgIpc) is 2.55. The number of nitrogens with one attached hydrogen (secondary N) is 1. The molecule has 3 heteroatoms. The second-order valence-corrected chi connectivity index (χ2v) is 8.44. The Morgan fingerprint density at radius 2 is 1.90 bits per heavy atom. The van der Waals surface area contributed by atoms with Crippen LogP contribution in [0.25, 0.3) is 0 Å². The summed E-state index contributed by atoms with van der Waals surface area (Å²) in [7, 11) is 0. The van der Waals surface area contributed by atoms with E-state index in [1.807, 2.05) is 0 Å². The Kier molecular flexibility index (Phi) is 5.75. The van der Waals surface area contributed by atoms with Crippen molar-refractivity contribution in [2.24, 2.45) is 0 Å². The van der Waals surface area contributed by atoms with E-state index in [1.165, 1.54) is 55.1 Å². The minimum atomic E-state index is 0.693. The van der Waals surface area contributed by atoms with Crippen molar-refractivity contribution in [3.8, 4) is 0 Å². The van der Waals surface area contributed by atoms with Crippen molar-refractivity contribution in [3.05, 3.63) is 35.9 Å². The van der Waals surface area contributed by atoms with Gasteiger partial charge in [-0.15, -0.1) is 0 Å². The van der Waals surface area contributed by atoms with Crippen LogP contribution in [0, 0.1) is 0 Å². The van der Waals surface area contributed by atoms with Gasteiger partial charge in [-0.3, -0.25) is 0 Å². The Morgan fingerprint density at radius 1 is 1.05 bits per heavy atom. The van der Waals surface area contributed by atoms with E-state index in [4.69, 9.17) is 0 Å². The molecule has 1 nitrogen and oxygen atoms in total. The molecule has 2 aliphatic rings. The highest BCUT2D eigenvalue weighted by atomic mass is 32.2. The minimum absolute atomic E-state index is 0.693. The van der Waals surface area contributed by atoms with Gasteiger partial charge in [-0.05, 0) is 24.3 Å². The lowest BCUT2D eigenvalue weighted by Gasteiger charge is -2.34. The zero-order valence-electron chi connectivity index (χ0n) is 12.1. The van der Waals surface area contributed by atoms with E-state index < -0.39 is 0 Å². The number of thioether (sulfide) groups is 2. The van der Waals surface area contributed by atoms with Crippen LogP contribution in [0.5, 0.6) is 0 Å². The molecular formula is C17H25NS2. The third kappa shape index (κ3) is 3.96. The van der Waals surface area contributed by atoms with Crippen LogP contribution in [-0.2, 0) is 0 Å². The van der Waals surface area contributed by atoms with Crippen molar-refractivity contribution in [2.45, 2.75) is 42.9 Å². The summed E-state index contributed by atoms with van der Waals surface area (Å²) in [4.78, 5) is 0. The van der Waals surface area contributed by atoms with Crippen LogP contribution < -0.4 is 5.32 Å². The molecule has 0 bridgehead atoms. The predicted molar refractivity (Wildman–Crippen MR) is 93.0 cm³/mol. The molecule has 0 aromatic heterocycles. The van der Waals surface area contributed by atoms with Crippen molar-refractivity contribution in [3.63, 3.8) is 0 Å². The second kappa shape index (κ2) is 7.77. The number of hydrogen-bond acceptors (Lipinski definition) is 3. The standard InChI is InChI=1S/C17H25NS2/c1-2-6-14(7-3-1)16-8-4-5-9-17(16)18-12-15-13-19-10-11-20-15/h1-3,6-7,15-18H,4-5,8-13H2. The third-order valence-electron chi connectivity index (χ3n) is 4.49. The smallest absolute Gasteiger partial charge is 0.0263 e. The van der Waals surface area contributed by atoms with Gasteiger partial charge in [0.2, 0.25) is 0 Å². The van der Waals surface area contributed by atoms with E-state index in [9.17, 15) is 0 Å². The SMILES string of the molecule is c1ccc(C2CCCCC2NCC2CSCCS2)cc1. The minimum Gasteiger partial charge on any atom is -0.312 e. The second-order valence-electron chi connectivity index (χ2n) is 5.88. The first-order valence-corrected chi connectivity index (χ1v) is 10.1. The molecule has 20 heavy (non-hydrogen) atoms. The third-order valence-corrected chi connectivity index (χ3v) is 7.33. The number of hydrogen-bond donors (Lipinski definition) is 1. The highest BCUT2D eigenvalue weighted by Gasteiger charge is 2.27. The summed E-state index contributed by atoms with van der Waals surface area (Å²) in [5.41, 5.74) is 1.54. The Labute approximate surface area is 131 Å². The molecule has 110 valence electrons. The Balaban J connectivity index is 1.57. The van der Waals surface area contributed by atoms with E-state index in [0.29, 0.717) is 6.04 Å². The highest BCUT2D eigenvalue weighted by Crippen LogP contribution is 2.33.